The second-order valence-corrected chi connectivity index (χ2v) is 7.11. The van der Waals surface area contributed by atoms with Gasteiger partial charge in [-0.2, -0.15) is 0 Å². The molecule has 2 aromatic rings. The molecule has 0 saturated carbocycles. The molecule has 0 aliphatic rings. The third-order valence-corrected chi connectivity index (χ3v) is 4.27. The van der Waals surface area contributed by atoms with E-state index in [0.29, 0.717) is 0 Å². The molecule has 1 aromatic carbocycles. The molecule has 21 heavy (non-hydrogen) atoms. The molecule has 0 aliphatic heterocycles. The van der Waals surface area contributed by atoms with Crippen molar-refractivity contribution in [2.24, 2.45) is 0 Å². The molecule has 3 N–H and O–H groups in total. The van der Waals surface area contributed by atoms with Crippen LogP contribution in [0.25, 0.3) is 10.6 Å². The molecule has 0 saturated heterocycles. The van der Waals surface area contributed by atoms with Crippen molar-refractivity contribution in [2.45, 2.75) is 39.7 Å². The quantitative estimate of drug-likeness (QED) is 0.755. The van der Waals surface area contributed by atoms with Crippen molar-refractivity contribution in [3.63, 3.8) is 0 Å². The summed E-state index contributed by atoms with van der Waals surface area (Å²) in [5, 5.41) is 23.3. The molecule has 1 aromatic heterocycles. The maximum absolute atomic E-state index is 9.65. The number of phenols is 2. The summed E-state index contributed by atoms with van der Waals surface area (Å²) in [6.45, 7) is 10.2. The molecule has 0 spiro atoms. The number of benzene rings is 1. The van der Waals surface area contributed by atoms with Crippen LogP contribution in [0.4, 0.5) is 0 Å². The third kappa shape index (κ3) is 3.54. The number of thiazole rings is 1. The Labute approximate surface area is 129 Å². The highest BCUT2D eigenvalue weighted by atomic mass is 32.1. The van der Waals surface area contributed by atoms with E-state index in [-0.39, 0.29) is 16.9 Å². The monoisotopic (exact) mass is 306 g/mol. The number of rotatable bonds is 4. The van der Waals surface area contributed by atoms with Gasteiger partial charge in [-0.25, -0.2) is 4.98 Å². The molecule has 0 aliphatic carbocycles. The molecule has 0 radical (unpaired) electrons. The Morgan fingerprint density at radius 3 is 2.48 bits per heavy atom. The van der Waals surface area contributed by atoms with Crippen LogP contribution >= 0.6 is 11.3 Å². The van der Waals surface area contributed by atoms with Crippen LogP contribution in [0, 0.1) is 0 Å². The van der Waals surface area contributed by atoms with Crippen molar-refractivity contribution in [3.8, 4) is 22.1 Å². The molecule has 0 unspecified atom stereocenters. The lowest BCUT2D eigenvalue weighted by Crippen LogP contribution is -2.18. The predicted octanol–water partition coefficient (Wildman–Crippen LogP) is 3.63. The fourth-order valence-electron chi connectivity index (χ4n) is 2.08. The zero-order valence-corrected chi connectivity index (χ0v) is 13.7. The van der Waals surface area contributed by atoms with E-state index in [0.717, 1.165) is 29.4 Å². The van der Waals surface area contributed by atoms with E-state index in [1.54, 1.807) is 23.5 Å². The van der Waals surface area contributed by atoms with Crippen molar-refractivity contribution in [1.82, 2.24) is 10.3 Å². The Morgan fingerprint density at radius 1 is 1.19 bits per heavy atom. The summed E-state index contributed by atoms with van der Waals surface area (Å²) in [6.07, 6.45) is 0. The highest BCUT2D eigenvalue weighted by Crippen LogP contribution is 2.37. The van der Waals surface area contributed by atoms with Gasteiger partial charge in [0, 0.05) is 22.4 Å². The number of nitrogens with zero attached hydrogens (tertiary/aromatic N) is 1. The predicted molar refractivity (Wildman–Crippen MR) is 87.0 cm³/mol. The Bertz CT molecular complexity index is 630. The first-order chi connectivity index (χ1) is 9.82. The second-order valence-electron chi connectivity index (χ2n) is 6.02. The molecule has 0 fully saturated rings. The van der Waals surface area contributed by atoms with Gasteiger partial charge >= 0.3 is 0 Å². The summed E-state index contributed by atoms with van der Waals surface area (Å²) in [4.78, 5) is 5.98. The average molecular weight is 306 g/mol. The zero-order chi connectivity index (χ0) is 15.6. The summed E-state index contributed by atoms with van der Waals surface area (Å²) in [5.74, 6) is -0.229. The van der Waals surface area contributed by atoms with Crippen LogP contribution in [0.2, 0.25) is 0 Å². The summed E-state index contributed by atoms with van der Waals surface area (Å²) < 4.78 is 0. The van der Waals surface area contributed by atoms with Crippen molar-refractivity contribution in [3.05, 3.63) is 28.8 Å². The van der Waals surface area contributed by atoms with Crippen LogP contribution in [0.15, 0.2) is 18.2 Å². The molecular weight excluding hydrogens is 284 g/mol. The summed E-state index contributed by atoms with van der Waals surface area (Å²) in [7, 11) is 0. The molecule has 1 heterocycles. The Hall–Kier alpha value is -1.59. The van der Waals surface area contributed by atoms with Crippen LogP contribution in [-0.2, 0) is 12.0 Å². The fraction of sp³-hybridized carbons (Fsp3) is 0.438. The number of nitrogens with one attached hydrogen (secondary N) is 1. The van der Waals surface area contributed by atoms with Crippen LogP contribution in [0.5, 0.6) is 11.5 Å². The molecular formula is C16H22N2O2S. The molecule has 2 rings (SSSR count). The standard InChI is InChI=1S/C16H22N2O2S/c1-5-17-9-13-14(16(2,3)4)18-15(21-13)10-6-7-11(19)12(20)8-10/h6-8,17,19-20H,5,9H2,1-4H3. The van der Waals surface area contributed by atoms with Gasteiger partial charge in [0.05, 0.1) is 5.69 Å². The molecule has 0 amide bonds. The van der Waals surface area contributed by atoms with Crippen molar-refractivity contribution in [2.75, 3.05) is 6.54 Å². The zero-order valence-electron chi connectivity index (χ0n) is 12.9. The van der Waals surface area contributed by atoms with Crippen LogP contribution in [0.3, 0.4) is 0 Å². The van der Waals surface area contributed by atoms with Gasteiger partial charge in [-0.3, -0.25) is 0 Å². The lowest BCUT2D eigenvalue weighted by atomic mass is 9.91. The van der Waals surface area contributed by atoms with Gasteiger partial charge in [0.15, 0.2) is 11.5 Å². The molecule has 114 valence electrons. The summed E-state index contributed by atoms with van der Waals surface area (Å²) in [6, 6.07) is 4.82. The molecule has 4 nitrogen and oxygen atoms in total. The summed E-state index contributed by atoms with van der Waals surface area (Å²) >= 11 is 1.63. The molecule has 0 atom stereocenters. The highest BCUT2D eigenvalue weighted by Gasteiger charge is 2.23. The maximum Gasteiger partial charge on any atom is 0.158 e. The third-order valence-electron chi connectivity index (χ3n) is 3.17. The Kier molecular flexibility index (Phi) is 4.54. The molecule has 5 heteroatoms. The molecule has 0 bridgehead atoms. The largest absolute Gasteiger partial charge is 0.504 e. The minimum atomic E-state index is -0.117. The van der Waals surface area contributed by atoms with Crippen LogP contribution in [0.1, 0.15) is 38.3 Å². The topological polar surface area (TPSA) is 65.4 Å². The van der Waals surface area contributed by atoms with Crippen LogP contribution in [-0.4, -0.2) is 21.7 Å². The van der Waals surface area contributed by atoms with E-state index in [2.05, 4.69) is 33.0 Å². The number of aromatic nitrogens is 1. The maximum atomic E-state index is 9.65. The average Bonchev–Trinajstić information content (AvgIpc) is 2.83. The van der Waals surface area contributed by atoms with Gasteiger partial charge in [-0.1, -0.05) is 27.7 Å². The first-order valence-corrected chi connectivity index (χ1v) is 7.87. The van der Waals surface area contributed by atoms with E-state index in [9.17, 15) is 10.2 Å². The normalized spacial score (nSPS) is 11.8. The summed E-state index contributed by atoms with van der Waals surface area (Å²) in [5.41, 5.74) is 1.87. The van der Waals surface area contributed by atoms with Gasteiger partial charge in [-0.05, 0) is 24.7 Å². The van der Waals surface area contributed by atoms with Crippen molar-refractivity contribution < 1.29 is 10.2 Å². The van der Waals surface area contributed by atoms with Gasteiger partial charge in [-0.15, -0.1) is 11.3 Å². The van der Waals surface area contributed by atoms with Gasteiger partial charge < -0.3 is 15.5 Å². The van der Waals surface area contributed by atoms with E-state index in [1.165, 1.54) is 10.9 Å². The second kappa shape index (κ2) is 6.03. The van der Waals surface area contributed by atoms with E-state index < -0.39 is 0 Å². The lowest BCUT2D eigenvalue weighted by molar-refractivity contribution is 0.404. The van der Waals surface area contributed by atoms with Gasteiger partial charge in [0.25, 0.3) is 0 Å². The Morgan fingerprint density at radius 2 is 1.90 bits per heavy atom. The highest BCUT2D eigenvalue weighted by molar-refractivity contribution is 7.15. The minimum Gasteiger partial charge on any atom is -0.504 e. The number of hydrogen-bond donors (Lipinski definition) is 3. The Balaban J connectivity index is 2.45. The number of hydrogen-bond acceptors (Lipinski definition) is 5. The first-order valence-electron chi connectivity index (χ1n) is 7.06. The lowest BCUT2D eigenvalue weighted by Gasteiger charge is -2.17. The van der Waals surface area contributed by atoms with Gasteiger partial charge in [0.1, 0.15) is 5.01 Å². The smallest absolute Gasteiger partial charge is 0.158 e. The first kappa shape index (κ1) is 15.8. The minimum absolute atomic E-state index is 0.0293. The van der Waals surface area contributed by atoms with Crippen LogP contribution < -0.4 is 5.32 Å². The van der Waals surface area contributed by atoms with E-state index in [4.69, 9.17) is 4.98 Å². The fourth-order valence-corrected chi connectivity index (χ4v) is 3.31. The van der Waals surface area contributed by atoms with Gasteiger partial charge in [0.2, 0.25) is 0 Å². The SMILES string of the molecule is CCNCc1sc(-c2ccc(O)c(O)c2)nc1C(C)(C)C. The van der Waals surface area contributed by atoms with Crippen molar-refractivity contribution >= 4 is 11.3 Å². The van der Waals surface area contributed by atoms with E-state index in [1.807, 2.05) is 0 Å². The van der Waals surface area contributed by atoms with Crippen molar-refractivity contribution in [1.29, 1.82) is 0 Å². The number of phenolic OH excluding ortho intramolecular Hbond substituents is 2. The van der Waals surface area contributed by atoms with E-state index >= 15 is 0 Å². The number of aromatic hydroxyl groups is 2.